The van der Waals surface area contributed by atoms with Crippen LogP contribution in [0.5, 0.6) is 0 Å². The number of aryl methyl sites for hydroxylation is 2. The smallest absolute Gasteiger partial charge is 0.344 e. The number of nitrogens with one attached hydrogen (secondary N) is 2. The number of hydrogen-bond donors (Lipinski definition) is 2. The summed E-state index contributed by atoms with van der Waals surface area (Å²) in [4.78, 5) is 16.2. The van der Waals surface area contributed by atoms with E-state index in [0.717, 1.165) is 30.2 Å². The minimum Gasteiger partial charge on any atom is -0.344 e. The number of rotatable bonds is 4. The van der Waals surface area contributed by atoms with Gasteiger partial charge in [-0.25, -0.2) is 19.3 Å². The second kappa shape index (κ2) is 8.55. The molecule has 2 aromatic heterocycles. The maximum absolute atomic E-state index is 14.7. The van der Waals surface area contributed by atoms with Crippen LogP contribution in [0, 0.1) is 12.7 Å². The molecule has 1 aliphatic carbocycles. The molecule has 174 valence electrons. The summed E-state index contributed by atoms with van der Waals surface area (Å²) in [6, 6.07) is 10.0. The molecule has 1 unspecified atom stereocenters. The second-order valence-corrected chi connectivity index (χ2v) is 8.38. The molecular weight excluding hydrogens is 446 g/mol. The monoisotopic (exact) mass is 467 g/mol. The summed E-state index contributed by atoms with van der Waals surface area (Å²) in [6.07, 6.45) is 1.27. The van der Waals surface area contributed by atoms with Crippen LogP contribution in [-0.4, -0.2) is 19.9 Å². The highest BCUT2D eigenvalue weighted by Crippen LogP contribution is 2.38. The average molecular weight is 467 g/mol. The Balaban J connectivity index is 1.43. The molecule has 0 bridgehead atoms. The number of halogens is 4. The Bertz CT molecular complexity index is 1350. The Morgan fingerprint density at radius 2 is 1.94 bits per heavy atom. The molecule has 2 N–H and O–H groups in total. The average Bonchev–Trinajstić information content (AvgIpc) is 3.24. The van der Waals surface area contributed by atoms with Crippen LogP contribution in [0.2, 0.25) is 0 Å². The van der Waals surface area contributed by atoms with Crippen molar-refractivity contribution in [1.29, 1.82) is 0 Å². The highest BCUT2D eigenvalue weighted by molar-refractivity contribution is 5.63. The lowest BCUT2D eigenvalue weighted by molar-refractivity contribution is -0.137. The van der Waals surface area contributed by atoms with Crippen molar-refractivity contribution in [1.82, 2.24) is 19.9 Å². The van der Waals surface area contributed by atoms with Crippen LogP contribution in [0.3, 0.4) is 0 Å². The Morgan fingerprint density at radius 1 is 1.09 bits per heavy atom. The fourth-order valence-electron chi connectivity index (χ4n) is 4.33. The van der Waals surface area contributed by atoms with Crippen LogP contribution < -0.4 is 5.32 Å². The first-order valence-electron chi connectivity index (χ1n) is 10.9. The van der Waals surface area contributed by atoms with Crippen molar-refractivity contribution >= 4 is 11.6 Å². The topological polar surface area (TPSA) is 66.5 Å². The van der Waals surface area contributed by atoms with Crippen molar-refractivity contribution in [3.63, 3.8) is 0 Å². The van der Waals surface area contributed by atoms with Gasteiger partial charge in [-0.15, -0.1) is 0 Å². The van der Waals surface area contributed by atoms with Gasteiger partial charge < -0.3 is 10.3 Å². The van der Waals surface area contributed by atoms with Crippen LogP contribution in [0.1, 0.15) is 46.8 Å². The van der Waals surface area contributed by atoms with Crippen LogP contribution in [0.25, 0.3) is 11.4 Å². The van der Waals surface area contributed by atoms with Gasteiger partial charge in [0.05, 0.1) is 22.5 Å². The first kappa shape index (κ1) is 22.1. The number of fused-ring (bicyclic) bond motifs is 1. The van der Waals surface area contributed by atoms with E-state index < -0.39 is 17.6 Å². The Morgan fingerprint density at radius 3 is 2.68 bits per heavy atom. The fourth-order valence-corrected chi connectivity index (χ4v) is 4.33. The fraction of sp³-hybridized carbons (Fsp3) is 0.240. The van der Waals surface area contributed by atoms with Crippen molar-refractivity contribution < 1.29 is 17.6 Å². The number of anilines is 2. The van der Waals surface area contributed by atoms with Crippen molar-refractivity contribution in [2.24, 2.45) is 0 Å². The van der Waals surface area contributed by atoms with Crippen LogP contribution in [0.15, 0.2) is 54.9 Å². The number of H-pyrrole nitrogens is 1. The van der Waals surface area contributed by atoms with Gasteiger partial charge in [-0.3, -0.25) is 0 Å². The van der Waals surface area contributed by atoms with Gasteiger partial charge in [0.1, 0.15) is 11.6 Å². The molecule has 5 rings (SSSR count). The highest BCUT2D eigenvalue weighted by Gasteiger charge is 2.32. The number of aromatic amines is 1. The third kappa shape index (κ3) is 4.37. The molecule has 2 heterocycles. The second-order valence-electron chi connectivity index (χ2n) is 8.38. The van der Waals surface area contributed by atoms with E-state index >= 15 is 0 Å². The largest absolute Gasteiger partial charge is 0.416 e. The van der Waals surface area contributed by atoms with E-state index in [2.05, 4.69) is 25.3 Å². The van der Waals surface area contributed by atoms with Gasteiger partial charge in [0.25, 0.3) is 0 Å². The Kier molecular flexibility index (Phi) is 5.55. The van der Waals surface area contributed by atoms with Gasteiger partial charge >= 0.3 is 6.18 Å². The summed E-state index contributed by atoms with van der Waals surface area (Å²) >= 11 is 0. The minimum atomic E-state index is -4.41. The molecule has 2 aromatic carbocycles. The van der Waals surface area contributed by atoms with E-state index in [4.69, 9.17) is 0 Å². The van der Waals surface area contributed by atoms with Crippen molar-refractivity contribution in [3.05, 3.63) is 88.8 Å². The molecule has 5 nitrogen and oxygen atoms in total. The van der Waals surface area contributed by atoms with Crippen LogP contribution in [-0.2, 0) is 12.6 Å². The molecule has 0 spiro atoms. The quantitative estimate of drug-likeness (QED) is 0.334. The molecule has 1 atom stereocenters. The molecule has 4 aromatic rings. The summed E-state index contributed by atoms with van der Waals surface area (Å²) < 4.78 is 54.4. The maximum Gasteiger partial charge on any atom is 0.416 e. The Hall–Kier alpha value is -3.75. The summed E-state index contributed by atoms with van der Waals surface area (Å²) in [7, 11) is 0. The lowest BCUT2D eigenvalue weighted by Gasteiger charge is -2.25. The first-order valence-corrected chi connectivity index (χ1v) is 10.9. The summed E-state index contributed by atoms with van der Waals surface area (Å²) in [5.74, 6) is -0.0239. The van der Waals surface area contributed by atoms with Crippen molar-refractivity contribution in [2.45, 2.75) is 38.3 Å². The predicted octanol–water partition coefficient (Wildman–Crippen LogP) is 6.54. The molecule has 1 aliphatic rings. The van der Waals surface area contributed by atoms with Gasteiger partial charge in [0.2, 0.25) is 5.95 Å². The van der Waals surface area contributed by atoms with E-state index in [0.29, 0.717) is 34.8 Å². The van der Waals surface area contributed by atoms with E-state index in [1.807, 2.05) is 6.92 Å². The van der Waals surface area contributed by atoms with Crippen LogP contribution in [0.4, 0.5) is 29.2 Å². The first-order chi connectivity index (χ1) is 16.3. The van der Waals surface area contributed by atoms with Crippen molar-refractivity contribution in [2.75, 3.05) is 5.32 Å². The molecule has 0 saturated heterocycles. The summed E-state index contributed by atoms with van der Waals surface area (Å²) in [6.45, 7) is 1.81. The van der Waals surface area contributed by atoms with Gasteiger partial charge in [0.15, 0.2) is 0 Å². The Labute approximate surface area is 193 Å². The zero-order valence-corrected chi connectivity index (χ0v) is 18.2. The number of aromatic nitrogens is 4. The minimum absolute atomic E-state index is 0.263. The standard InChI is InChI=1S/C25H21F4N5/c1-14-12-30-23(32-14)20-9-8-18(11-21(20)26)33-24-31-13-16-5-3-7-19(22(16)34-24)15-4-2-6-17(10-15)25(27,28)29/h2,4,6,8-13,19H,3,5,7H2,1H3,(H,30,32)(H,31,33,34). The van der Waals surface area contributed by atoms with Gasteiger partial charge in [-0.2, -0.15) is 13.2 Å². The third-order valence-corrected chi connectivity index (χ3v) is 5.97. The molecule has 0 fully saturated rings. The number of imidazole rings is 1. The predicted molar refractivity (Wildman–Crippen MR) is 120 cm³/mol. The van der Waals surface area contributed by atoms with Gasteiger partial charge in [0, 0.05) is 24.0 Å². The highest BCUT2D eigenvalue weighted by atomic mass is 19.4. The third-order valence-electron chi connectivity index (χ3n) is 5.97. The molecule has 0 amide bonds. The molecule has 9 heteroatoms. The zero-order chi connectivity index (χ0) is 23.9. The van der Waals surface area contributed by atoms with Gasteiger partial charge in [-0.1, -0.05) is 18.2 Å². The van der Waals surface area contributed by atoms with Gasteiger partial charge in [-0.05, 0) is 61.6 Å². The lowest BCUT2D eigenvalue weighted by atomic mass is 9.82. The summed E-state index contributed by atoms with van der Waals surface area (Å²) in [5.41, 5.74) is 3.07. The van der Waals surface area contributed by atoms with E-state index in [1.54, 1.807) is 30.6 Å². The lowest BCUT2D eigenvalue weighted by Crippen LogP contribution is -2.16. The van der Waals surface area contributed by atoms with Crippen molar-refractivity contribution in [3.8, 4) is 11.4 Å². The SMILES string of the molecule is Cc1c[nH]c(-c2ccc(Nc3ncc4c(n3)C(c3cccc(C(F)(F)F)c3)CCC4)cc2F)n1. The molecule has 0 aliphatic heterocycles. The van der Waals surface area contributed by atoms with E-state index in [-0.39, 0.29) is 11.9 Å². The maximum atomic E-state index is 14.7. The zero-order valence-electron chi connectivity index (χ0n) is 18.2. The normalized spacial score (nSPS) is 15.7. The molecule has 0 saturated carbocycles. The number of benzene rings is 2. The summed E-state index contributed by atoms with van der Waals surface area (Å²) in [5, 5.41) is 3.01. The van der Waals surface area contributed by atoms with E-state index in [9.17, 15) is 17.6 Å². The number of alkyl halides is 3. The number of nitrogens with zero attached hydrogens (tertiary/aromatic N) is 3. The molecule has 34 heavy (non-hydrogen) atoms. The van der Waals surface area contributed by atoms with E-state index in [1.165, 1.54) is 18.2 Å². The number of hydrogen-bond acceptors (Lipinski definition) is 4. The van der Waals surface area contributed by atoms with Crippen LogP contribution >= 0.6 is 0 Å². The molecule has 0 radical (unpaired) electrons. The molecular formula is C25H21F4N5.